The van der Waals surface area contributed by atoms with Crippen molar-refractivity contribution < 1.29 is 4.74 Å². The summed E-state index contributed by atoms with van der Waals surface area (Å²) < 4.78 is 5.43. The predicted molar refractivity (Wildman–Crippen MR) is 80.5 cm³/mol. The van der Waals surface area contributed by atoms with Crippen LogP contribution in [0.5, 0.6) is 5.75 Å². The molecule has 1 aromatic rings. The van der Waals surface area contributed by atoms with E-state index in [1.807, 2.05) is 6.07 Å². The van der Waals surface area contributed by atoms with E-state index in [1.54, 1.807) is 7.11 Å². The van der Waals surface area contributed by atoms with Gasteiger partial charge in [0, 0.05) is 12.1 Å². The first kappa shape index (κ1) is 14.4. The fourth-order valence-corrected chi connectivity index (χ4v) is 3.12. The Bertz CT molecular complexity index is 381. The fraction of sp³-hybridized carbons (Fsp3) is 0.647. The van der Waals surface area contributed by atoms with Gasteiger partial charge in [0.05, 0.1) is 7.11 Å². The fourth-order valence-electron chi connectivity index (χ4n) is 3.12. The molecule has 2 nitrogen and oxygen atoms in total. The van der Waals surface area contributed by atoms with Crippen molar-refractivity contribution in [1.29, 1.82) is 0 Å². The third-order valence-electron chi connectivity index (χ3n) is 4.10. The van der Waals surface area contributed by atoms with Gasteiger partial charge >= 0.3 is 0 Å². The average molecular weight is 261 g/mol. The van der Waals surface area contributed by atoms with Gasteiger partial charge in [0.25, 0.3) is 0 Å². The average Bonchev–Trinajstić information content (AvgIpc) is 2.41. The molecule has 0 unspecified atom stereocenters. The Morgan fingerprint density at radius 3 is 2.53 bits per heavy atom. The minimum Gasteiger partial charge on any atom is -0.496 e. The molecule has 1 aliphatic heterocycles. The zero-order valence-corrected chi connectivity index (χ0v) is 12.6. The standard InChI is InChI=1S/C17H27NO/c1-14(2)12-15-8-10-18(11-9-15)13-16-6-4-5-7-17(16)19-3/h4-7,14-15H,8-13H2,1-3H3. The summed E-state index contributed by atoms with van der Waals surface area (Å²) in [5, 5.41) is 0. The quantitative estimate of drug-likeness (QED) is 0.795. The maximum Gasteiger partial charge on any atom is 0.123 e. The highest BCUT2D eigenvalue weighted by molar-refractivity contribution is 5.33. The van der Waals surface area contributed by atoms with E-state index in [0.717, 1.165) is 24.1 Å². The number of hydrogen-bond acceptors (Lipinski definition) is 2. The van der Waals surface area contributed by atoms with Crippen LogP contribution in [0.2, 0.25) is 0 Å². The van der Waals surface area contributed by atoms with Gasteiger partial charge in [-0.15, -0.1) is 0 Å². The summed E-state index contributed by atoms with van der Waals surface area (Å²) in [7, 11) is 1.76. The summed E-state index contributed by atoms with van der Waals surface area (Å²) in [6.07, 6.45) is 4.10. The molecule has 1 fully saturated rings. The Kier molecular flexibility index (Phi) is 5.26. The number of benzene rings is 1. The van der Waals surface area contributed by atoms with Gasteiger partial charge in [0.1, 0.15) is 5.75 Å². The minimum absolute atomic E-state index is 0.839. The second kappa shape index (κ2) is 6.95. The number of likely N-dealkylation sites (tertiary alicyclic amines) is 1. The van der Waals surface area contributed by atoms with E-state index in [4.69, 9.17) is 4.74 Å². The Balaban J connectivity index is 1.85. The highest BCUT2D eigenvalue weighted by Gasteiger charge is 2.20. The molecule has 0 spiro atoms. The first-order valence-corrected chi connectivity index (χ1v) is 7.53. The summed E-state index contributed by atoms with van der Waals surface area (Å²) in [4.78, 5) is 2.56. The maximum absolute atomic E-state index is 5.43. The Morgan fingerprint density at radius 1 is 1.21 bits per heavy atom. The molecule has 0 aromatic heterocycles. The molecule has 1 saturated heterocycles. The van der Waals surface area contributed by atoms with Crippen LogP contribution >= 0.6 is 0 Å². The van der Waals surface area contributed by atoms with Crippen molar-refractivity contribution in [2.75, 3.05) is 20.2 Å². The van der Waals surface area contributed by atoms with Crippen LogP contribution < -0.4 is 4.74 Å². The molecule has 0 bridgehead atoms. The summed E-state index contributed by atoms with van der Waals surface area (Å²) in [6.45, 7) is 8.16. The van der Waals surface area contributed by atoms with E-state index in [0.29, 0.717) is 0 Å². The lowest BCUT2D eigenvalue weighted by Gasteiger charge is -2.33. The molecule has 1 aliphatic rings. The van der Waals surface area contributed by atoms with E-state index in [2.05, 4.69) is 36.9 Å². The van der Waals surface area contributed by atoms with Gasteiger partial charge < -0.3 is 4.74 Å². The maximum atomic E-state index is 5.43. The molecule has 0 aliphatic carbocycles. The lowest BCUT2D eigenvalue weighted by molar-refractivity contribution is 0.163. The van der Waals surface area contributed by atoms with Gasteiger partial charge in [-0.1, -0.05) is 32.0 Å². The molecule has 0 atom stereocenters. The van der Waals surface area contributed by atoms with Gasteiger partial charge in [-0.3, -0.25) is 4.90 Å². The largest absolute Gasteiger partial charge is 0.496 e. The van der Waals surface area contributed by atoms with Crippen molar-refractivity contribution in [3.8, 4) is 5.75 Å². The molecule has 106 valence electrons. The van der Waals surface area contributed by atoms with Gasteiger partial charge in [-0.25, -0.2) is 0 Å². The van der Waals surface area contributed by atoms with E-state index in [-0.39, 0.29) is 0 Å². The number of piperidine rings is 1. The summed E-state index contributed by atoms with van der Waals surface area (Å²) in [5.74, 6) is 2.80. The van der Waals surface area contributed by atoms with Gasteiger partial charge in [0.15, 0.2) is 0 Å². The zero-order chi connectivity index (χ0) is 13.7. The SMILES string of the molecule is COc1ccccc1CN1CCC(CC(C)C)CC1. The van der Waals surface area contributed by atoms with Crippen LogP contribution in [0.4, 0.5) is 0 Å². The van der Waals surface area contributed by atoms with E-state index >= 15 is 0 Å². The first-order valence-electron chi connectivity index (χ1n) is 7.53. The molecule has 2 rings (SSSR count). The number of methoxy groups -OCH3 is 1. The minimum atomic E-state index is 0.839. The molecular formula is C17H27NO. The summed E-state index contributed by atoms with van der Waals surface area (Å²) in [5.41, 5.74) is 1.31. The van der Waals surface area contributed by atoms with E-state index in [9.17, 15) is 0 Å². The number of rotatable bonds is 5. The third-order valence-corrected chi connectivity index (χ3v) is 4.10. The molecule has 0 radical (unpaired) electrons. The molecule has 1 heterocycles. The van der Waals surface area contributed by atoms with Gasteiger partial charge in [-0.2, -0.15) is 0 Å². The highest BCUT2D eigenvalue weighted by Crippen LogP contribution is 2.26. The first-order chi connectivity index (χ1) is 9.19. The van der Waals surface area contributed by atoms with Crippen LogP contribution in [-0.4, -0.2) is 25.1 Å². The second-order valence-corrected chi connectivity index (χ2v) is 6.16. The van der Waals surface area contributed by atoms with Crippen molar-refractivity contribution in [3.05, 3.63) is 29.8 Å². The molecule has 1 aromatic carbocycles. The summed E-state index contributed by atoms with van der Waals surface area (Å²) in [6, 6.07) is 8.38. The van der Waals surface area contributed by atoms with Crippen molar-refractivity contribution in [2.45, 2.75) is 39.7 Å². The highest BCUT2D eigenvalue weighted by atomic mass is 16.5. The van der Waals surface area contributed by atoms with Crippen LogP contribution in [-0.2, 0) is 6.54 Å². The Labute approximate surface area is 117 Å². The van der Waals surface area contributed by atoms with Crippen LogP contribution in [0.1, 0.15) is 38.7 Å². The number of para-hydroxylation sites is 1. The Morgan fingerprint density at radius 2 is 1.89 bits per heavy atom. The zero-order valence-electron chi connectivity index (χ0n) is 12.6. The number of nitrogens with zero attached hydrogens (tertiary/aromatic N) is 1. The number of hydrogen-bond donors (Lipinski definition) is 0. The molecule has 0 amide bonds. The monoisotopic (exact) mass is 261 g/mol. The molecule has 0 N–H and O–H groups in total. The van der Waals surface area contributed by atoms with E-state index in [1.165, 1.54) is 37.9 Å². The molecule has 19 heavy (non-hydrogen) atoms. The topological polar surface area (TPSA) is 12.5 Å². The lowest BCUT2D eigenvalue weighted by Crippen LogP contribution is -2.33. The van der Waals surface area contributed by atoms with Crippen LogP contribution in [0, 0.1) is 11.8 Å². The predicted octanol–water partition coefficient (Wildman–Crippen LogP) is 3.95. The van der Waals surface area contributed by atoms with Crippen molar-refractivity contribution >= 4 is 0 Å². The Hall–Kier alpha value is -1.02. The molecule has 2 heteroatoms. The van der Waals surface area contributed by atoms with Crippen molar-refractivity contribution in [1.82, 2.24) is 4.90 Å². The summed E-state index contributed by atoms with van der Waals surface area (Å²) >= 11 is 0. The van der Waals surface area contributed by atoms with Crippen LogP contribution in [0.25, 0.3) is 0 Å². The normalized spacial score (nSPS) is 17.9. The van der Waals surface area contributed by atoms with Gasteiger partial charge in [-0.05, 0) is 50.3 Å². The van der Waals surface area contributed by atoms with Crippen molar-refractivity contribution in [2.24, 2.45) is 11.8 Å². The van der Waals surface area contributed by atoms with E-state index < -0.39 is 0 Å². The van der Waals surface area contributed by atoms with Crippen molar-refractivity contribution in [3.63, 3.8) is 0 Å². The third kappa shape index (κ3) is 4.24. The molecule has 0 saturated carbocycles. The molecular weight excluding hydrogens is 234 g/mol. The smallest absolute Gasteiger partial charge is 0.123 e. The lowest BCUT2D eigenvalue weighted by atomic mass is 9.88. The second-order valence-electron chi connectivity index (χ2n) is 6.16. The van der Waals surface area contributed by atoms with Crippen LogP contribution in [0.15, 0.2) is 24.3 Å². The van der Waals surface area contributed by atoms with Gasteiger partial charge in [0.2, 0.25) is 0 Å². The number of ether oxygens (including phenoxy) is 1. The van der Waals surface area contributed by atoms with Crippen LogP contribution in [0.3, 0.4) is 0 Å².